The normalized spacial score (nSPS) is 11.4. The number of benzene rings is 1. The lowest BCUT2D eigenvalue weighted by molar-refractivity contribution is 0.191. The van der Waals surface area contributed by atoms with E-state index in [1.807, 2.05) is 22.8 Å². The quantitative estimate of drug-likeness (QED) is 0.727. The van der Waals surface area contributed by atoms with Crippen LogP contribution in [0.15, 0.2) is 30.5 Å². The highest BCUT2D eigenvalue weighted by Gasteiger charge is 2.11. The maximum absolute atomic E-state index is 6.01. The summed E-state index contributed by atoms with van der Waals surface area (Å²) < 4.78 is 7.13. The van der Waals surface area contributed by atoms with Crippen molar-refractivity contribution in [3.8, 4) is 0 Å². The highest BCUT2D eigenvalue weighted by atomic mass is 16.5. The molecule has 3 aromatic rings. The van der Waals surface area contributed by atoms with Gasteiger partial charge in [-0.3, -0.25) is 4.98 Å². The topological polar surface area (TPSA) is 66.0 Å². The van der Waals surface area contributed by atoms with Crippen LogP contribution in [0, 0.1) is 0 Å². The van der Waals surface area contributed by atoms with Crippen molar-refractivity contribution in [2.75, 3.05) is 19.5 Å². The molecule has 0 radical (unpaired) electrons. The lowest BCUT2D eigenvalue weighted by atomic mass is 10.2. The Bertz CT molecular complexity index is 720. The average molecular weight is 256 g/mol. The Morgan fingerprint density at radius 1 is 1.26 bits per heavy atom. The first-order valence-corrected chi connectivity index (χ1v) is 6.29. The van der Waals surface area contributed by atoms with Crippen LogP contribution in [0.5, 0.6) is 0 Å². The largest absolute Gasteiger partial charge is 0.385 e. The Balaban J connectivity index is 2.19. The zero-order valence-electron chi connectivity index (χ0n) is 10.8. The maximum Gasteiger partial charge on any atom is 0.201 e. The Hall–Kier alpha value is -2.14. The molecule has 0 amide bonds. The standard InChI is InChI=1S/C14H16N4O/c1-19-8-4-7-18-13-10-5-2-3-6-11(10)16-9-12(13)17-14(18)15/h2-3,5-6,9H,4,7-8H2,1H3,(H2,15,17). The number of hydrogen-bond donors (Lipinski definition) is 1. The second kappa shape index (κ2) is 4.85. The van der Waals surface area contributed by atoms with E-state index < -0.39 is 0 Å². The molecule has 0 atom stereocenters. The van der Waals surface area contributed by atoms with Gasteiger partial charge < -0.3 is 15.0 Å². The van der Waals surface area contributed by atoms with Gasteiger partial charge in [-0.1, -0.05) is 18.2 Å². The molecule has 0 unspecified atom stereocenters. The smallest absolute Gasteiger partial charge is 0.201 e. The summed E-state index contributed by atoms with van der Waals surface area (Å²) in [6.07, 6.45) is 2.68. The van der Waals surface area contributed by atoms with E-state index in [9.17, 15) is 0 Å². The van der Waals surface area contributed by atoms with E-state index in [1.165, 1.54) is 0 Å². The zero-order valence-corrected chi connectivity index (χ0v) is 10.8. The molecular formula is C14H16N4O. The number of nitrogen functional groups attached to an aromatic ring is 1. The minimum atomic E-state index is 0.532. The monoisotopic (exact) mass is 256 g/mol. The summed E-state index contributed by atoms with van der Waals surface area (Å²) in [5.41, 5.74) is 8.87. The fraction of sp³-hybridized carbons (Fsp3) is 0.286. The van der Waals surface area contributed by atoms with Gasteiger partial charge in [-0.2, -0.15) is 0 Å². The van der Waals surface area contributed by atoms with Crippen LogP contribution in [0.4, 0.5) is 5.95 Å². The van der Waals surface area contributed by atoms with Crippen LogP contribution in [0.25, 0.3) is 21.9 Å². The van der Waals surface area contributed by atoms with Gasteiger partial charge in [0.05, 0.1) is 17.2 Å². The number of aromatic nitrogens is 3. The van der Waals surface area contributed by atoms with E-state index in [1.54, 1.807) is 13.3 Å². The first kappa shape index (κ1) is 11.9. The number of aryl methyl sites for hydroxylation is 1. The van der Waals surface area contributed by atoms with Gasteiger partial charge in [-0.25, -0.2) is 4.98 Å². The molecule has 5 heteroatoms. The predicted molar refractivity (Wildman–Crippen MR) is 75.9 cm³/mol. The molecule has 98 valence electrons. The second-order valence-electron chi connectivity index (χ2n) is 4.48. The van der Waals surface area contributed by atoms with Crippen LogP contribution in [-0.4, -0.2) is 28.3 Å². The summed E-state index contributed by atoms with van der Waals surface area (Å²) >= 11 is 0. The Labute approximate surface area is 111 Å². The third-order valence-corrected chi connectivity index (χ3v) is 3.24. The van der Waals surface area contributed by atoms with Crippen LogP contribution in [0.2, 0.25) is 0 Å². The van der Waals surface area contributed by atoms with E-state index in [2.05, 4.69) is 16.0 Å². The van der Waals surface area contributed by atoms with Gasteiger partial charge in [-0.15, -0.1) is 0 Å². The first-order valence-electron chi connectivity index (χ1n) is 6.29. The lowest BCUT2D eigenvalue weighted by Crippen LogP contribution is -2.05. The third-order valence-electron chi connectivity index (χ3n) is 3.24. The van der Waals surface area contributed by atoms with Crippen LogP contribution in [-0.2, 0) is 11.3 Å². The molecular weight excluding hydrogens is 240 g/mol. The molecule has 0 fully saturated rings. The van der Waals surface area contributed by atoms with Crippen LogP contribution < -0.4 is 5.73 Å². The molecule has 2 aromatic heterocycles. The van der Waals surface area contributed by atoms with Gasteiger partial charge in [0.15, 0.2) is 0 Å². The van der Waals surface area contributed by atoms with E-state index in [0.29, 0.717) is 12.6 Å². The van der Waals surface area contributed by atoms with Crippen molar-refractivity contribution in [1.82, 2.24) is 14.5 Å². The molecule has 0 spiro atoms. The van der Waals surface area contributed by atoms with Crippen LogP contribution >= 0.6 is 0 Å². The van der Waals surface area contributed by atoms with Gasteiger partial charge in [0.25, 0.3) is 0 Å². The summed E-state index contributed by atoms with van der Waals surface area (Å²) in [6.45, 7) is 1.51. The van der Waals surface area contributed by atoms with Crippen molar-refractivity contribution in [2.45, 2.75) is 13.0 Å². The Morgan fingerprint density at radius 2 is 2.11 bits per heavy atom. The van der Waals surface area contributed by atoms with Gasteiger partial charge in [0.2, 0.25) is 5.95 Å². The molecule has 2 N–H and O–H groups in total. The SMILES string of the molecule is COCCCn1c(N)nc2cnc3ccccc3c21. The fourth-order valence-electron chi connectivity index (χ4n) is 2.37. The van der Waals surface area contributed by atoms with Crippen molar-refractivity contribution < 1.29 is 4.74 Å². The lowest BCUT2D eigenvalue weighted by Gasteiger charge is -2.07. The molecule has 5 nitrogen and oxygen atoms in total. The third kappa shape index (κ3) is 2.02. The summed E-state index contributed by atoms with van der Waals surface area (Å²) in [5.74, 6) is 0.532. The number of methoxy groups -OCH3 is 1. The van der Waals surface area contributed by atoms with E-state index in [4.69, 9.17) is 10.5 Å². The van der Waals surface area contributed by atoms with E-state index >= 15 is 0 Å². The highest BCUT2D eigenvalue weighted by Crippen LogP contribution is 2.25. The number of nitrogens with two attached hydrogens (primary N) is 1. The number of hydrogen-bond acceptors (Lipinski definition) is 4. The van der Waals surface area contributed by atoms with Crippen LogP contribution in [0.3, 0.4) is 0 Å². The van der Waals surface area contributed by atoms with E-state index in [0.717, 1.165) is 34.9 Å². The molecule has 0 aliphatic heterocycles. The van der Waals surface area contributed by atoms with Crippen molar-refractivity contribution >= 4 is 27.9 Å². The molecule has 2 heterocycles. The Kier molecular flexibility index (Phi) is 3.05. The van der Waals surface area contributed by atoms with Crippen molar-refractivity contribution in [1.29, 1.82) is 0 Å². The Morgan fingerprint density at radius 3 is 2.95 bits per heavy atom. The van der Waals surface area contributed by atoms with Gasteiger partial charge >= 0.3 is 0 Å². The summed E-state index contributed by atoms with van der Waals surface area (Å²) in [6, 6.07) is 8.04. The summed E-state index contributed by atoms with van der Waals surface area (Å²) in [4.78, 5) is 8.78. The predicted octanol–water partition coefficient (Wildman–Crippen LogP) is 2.20. The minimum Gasteiger partial charge on any atom is -0.385 e. The number of para-hydroxylation sites is 1. The van der Waals surface area contributed by atoms with E-state index in [-0.39, 0.29) is 0 Å². The average Bonchev–Trinajstić information content (AvgIpc) is 2.76. The molecule has 19 heavy (non-hydrogen) atoms. The molecule has 0 saturated carbocycles. The van der Waals surface area contributed by atoms with Crippen molar-refractivity contribution in [3.05, 3.63) is 30.5 Å². The highest BCUT2D eigenvalue weighted by molar-refractivity contribution is 6.02. The van der Waals surface area contributed by atoms with Gasteiger partial charge in [0, 0.05) is 25.6 Å². The summed E-state index contributed by atoms with van der Waals surface area (Å²) in [7, 11) is 1.70. The number of anilines is 1. The molecule has 0 aliphatic rings. The number of pyridine rings is 1. The minimum absolute atomic E-state index is 0.532. The first-order chi connectivity index (χ1) is 9.31. The summed E-state index contributed by atoms with van der Waals surface area (Å²) in [5, 5.41) is 1.08. The van der Waals surface area contributed by atoms with Gasteiger partial charge in [0.1, 0.15) is 5.52 Å². The van der Waals surface area contributed by atoms with Crippen molar-refractivity contribution in [2.24, 2.45) is 0 Å². The molecule has 1 aromatic carbocycles. The number of imidazole rings is 1. The fourth-order valence-corrected chi connectivity index (χ4v) is 2.37. The number of nitrogens with zero attached hydrogens (tertiary/aromatic N) is 3. The van der Waals surface area contributed by atoms with Crippen LogP contribution in [0.1, 0.15) is 6.42 Å². The number of fused-ring (bicyclic) bond motifs is 3. The molecule has 0 bridgehead atoms. The molecule has 0 aliphatic carbocycles. The molecule has 0 saturated heterocycles. The molecule has 3 rings (SSSR count). The van der Waals surface area contributed by atoms with Crippen molar-refractivity contribution in [3.63, 3.8) is 0 Å². The van der Waals surface area contributed by atoms with Gasteiger partial charge in [-0.05, 0) is 12.5 Å². The maximum atomic E-state index is 6.01. The number of rotatable bonds is 4. The number of ether oxygens (including phenoxy) is 1. The zero-order chi connectivity index (χ0) is 13.2. The second-order valence-corrected chi connectivity index (χ2v) is 4.48.